The van der Waals surface area contributed by atoms with Crippen LogP contribution in [0.3, 0.4) is 0 Å². The molecule has 0 radical (unpaired) electrons. The van der Waals surface area contributed by atoms with Crippen molar-refractivity contribution >= 4 is 0 Å². The zero-order valence-corrected chi connectivity index (χ0v) is 8.27. The Kier molecular flexibility index (Phi) is 2.61. The third kappa shape index (κ3) is 3.05. The number of alkyl halides is 3. The Labute approximate surface area is 80.1 Å². The number of hydrogen-bond acceptors (Lipinski definition) is 2. The first-order chi connectivity index (χ1) is 6.18. The number of oxazole rings is 1. The summed E-state index contributed by atoms with van der Waals surface area (Å²) in [4.78, 5) is 3.78. The van der Waals surface area contributed by atoms with Crippen LogP contribution in [-0.2, 0) is 11.8 Å². The lowest BCUT2D eigenvalue weighted by molar-refractivity contribution is -0.127. The minimum atomic E-state index is -4.23. The van der Waals surface area contributed by atoms with Crippen LogP contribution in [0.15, 0.2) is 10.7 Å². The molecule has 0 aromatic carbocycles. The molecule has 0 aliphatic heterocycles. The highest BCUT2D eigenvalue weighted by Crippen LogP contribution is 2.25. The van der Waals surface area contributed by atoms with Crippen LogP contribution >= 0.6 is 0 Å². The molecule has 2 nitrogen and oxygen atoms in total. The lowest BCUT2D eigenvalue weighted by atomic mass is 9.97. The lowest BCUT2D eigenvalue weighted by Crippen LogP contribution is -2.14. The van der Waals surface area contributed by atoms with Crippen LogP contribution in [-0.4, -0.2) is 11.2 Å². The van der Waals surface area contributed by atoms with E-state index in [1.165, 1.54) is 0 Å². The topological polar surface area (TPSA) is 26.0 Å². The highest BCUT2D eigenvalue weighted by molar-refractivity contribution is 5.04. The normalized spacial score (nSPS) is 13.3. The quantitative estimate of drug-likeness (QED) is 0.707. The van der Waals surface area contributed by atoms with E-state index >= 15 is 0 Å². The van der Waals surface area contributed by atoms with E-state index in [0.29, 0.717) is 5.89 Å². The Balaban J connectivity index is 2.79. The van der Waals surface area contributed by atoms with E-state index in [-0.39, 0.29) is 11.1 Å². The number of hydrogen-bond donors (Lipinski definition) is 0. The second-order valence-electron chi connectivity index (χ2n) is 4.19. The molecule has 0 aliphatic rings. The fraction of sp³-hybridized carbons (Fsp3) is 0.667. The van der Waals surface area contributed by atoms with Gasteiger partial charge in [0.25, 0.3) is 0 Å². The van der Waals surface area contributed by atoms with Gasteiger partial charge in [-0.15, -0.1) is 0 Å². The predicted octanol–water partition coefficient (Wildman–Crippen LogP) is 3.08. The lowest BCUT2D eigenvalue weighted by Gasteiger charge is -2.11. The Morgan fingerprint density at radius 3 is 2.21 bits per heavy atom. The first kappa shape index (κ1) is 11.1. The molecule has 0 saturated heterocycles. The van der Waals surface area contributed by atoms with E-state index < -0.39 is 12.6 Å². The molecule has 0 saturated carbocycles. The first-order valence-electron chi connectivity index (χ1n) is 4.20. The number of halogens is 3. The van der Waals surface area contributed by atoms with E-state index in [0.717, 1.165) is 6.26 Å². The molecule has 0 spiro atoms. The number of rotatable bonds is 1. The van der Waals surface area contributed by atoms with Crippen LogP contribution in [0.1, 0.15) is 32.4 Å². The zero-order valence-electron chi connectivity index (χ0n) is 8.27. The summed E-state index contributed by atoms with van der Waals surface area (Å²) < 4.78 is 40.9. The van der Waals surface area contributed by atoms with Gasteiger partial charge in [-0.1, -0.05) is 20.8 Å². The average molecular weight is 207 g/mol. The van der Waals surface area contributed by atoms with Gasteiger partial charge in [0.15, 0.2) is 5.89 Å². The van der Waals surface area contributed by atoms with Crippen molar-refractivity contribution in [2.45, 2.75) is 38.8 Å². The Bertz CT molecular complexity index is 309. The molecule has 0 atom stereocenters. The summed E-state index contributed by atoms with van der Waals surface area (Å²) in [6, 6.07) is 0. The molecule has 1 aromatic heterocycles. The number of aromatic nitrogens is 1. The van der Waals surface area contributed by atoms with Gasteiger partial charge in [0, 0.05) is 5.41 Å². The second kappa shape index (κ2) is 3.29. The fourth-order valence-corrected chi connectivity index (χ4v) is 0.938. The molecule has 0 amide bonds. The second-order valence-corrected chi connectivity index (χ2v) is 4.19. The first-order valence-corrected chi connectivity index (χ1v) is 4.20. The molecular formula is C9H12F3NO. The molecule has 1 heterocycles. The Morgan fingerprint density at radius 2 is 1.86 bits per heavy atom. The molecular weight excluding hydrogens is 195 g/mol. The fourth-order valence-electron chi connectivity index (χ4n) is 0.938. The van der Waals surface area contributed by atoms with Crippen molar-refractivity contribution < 1.29 is 17.6 Å². The predicted molar refractivity (Wildman–Crippen MR) is 45.0 cm³/mol. The molecule has 0 aliphatic carbocycles. The maximum absolute atomic E-state index is 12.0. The molecule has 0 N–H and O–H groups in total. The van der Waals surface area contributed by atoms with Crippen LogP contribution in [0.4, 0.5) is 13.2 Å². The van der Waals surface area contributed by atoms with Crippen molar-refractivity contribution in [3.8, 4) is 0 Å². The summed E-state index contributed by atoms with van der Waals surface area (Å²) in [6.07, 6.45) is -4.20. The average Bonchev–Trinajstić information content (AvgIpc) is 2.29. The summed E-state index contributed by atoms with van der Waals surface area (Å²) in [5.41, 5.74) is -0.424. The maximum Gasteiger partial charge on any atom is 0.394 e. The van der Waals surface area contributed by atoms with Crippen LogP contribution in [0, 0.1) is 0 Å². The highest BCUT2D eigenvalue weighted by atomic mass is 19.4. The SMILES string of the molecule is CC(C)(C)c1nc(CC(F)(F)F)co1. The van der Waals surface area contributed by atoms with Gasteiger partial charge in [0.1, 0.15) is 6.26 Å². The smallest absolute Gasteiger partial charge is 0.394 e. The van der Waals surface area contributed by atoms with E-state index in [1.54, 1.807) is 0 Å². The highest BCUT2D eigenvalue weighted by Gasteiger charge is 2.30. The van der Waals surface area contributed by atoms with Crippen LogP contribution in [0.2, 0.25) is 0 Å². The molecule has 80 valence electrons. The monoisotopic (exact) mass is 207 g/mol. The molecule has 0 unspecified atom stereocenters. The van der Waals surface area contributed by atoms with Gasteiger partial charge in [-0.2, -0.15) is 13.2 Å². The van der Waals surface area contributed by atoms with Gasteiger partial charge in [-0.3, -0.25) is 0 Å². The molecule has 0 fully saturated rings. The summed E-state index contributed by atoms with van der Waals surface area (Å²) in [6.45, 7) is 5.49. The standard InChI is InChI=1S/C9H12F3NO/c1-8(2,3)7-13-6(5-14-7)4-9(10,11)12/h5H,4H2,1-3H3. The molecule has 5 heteroatoms. The summed E-state index contributed by atoms with van der Waals surface area (Å²) in [7, 11) is 0. The van der Waals surface area contributed by atoms with Crippen LogP contribution in [0.25, 0.3) is 0 Å². The van der Waals surface area contributed by atoms with E-state index in [1.807, 2.05) is 20.8 Å². The molecule has 1 aromatic rings. The summed E-state index contributed by atoms with van der Waals surface area (Å²) in [5, 5.41) is 0. The van der Waals surface area contributed by atoms with Crippen molar-refractivity contribution in [3.05, 3.63) is 17.8 Å². The summed E-state index contributed by atoms with van der Waals surface area (Å²) in [5.74, 6) is 0.330. The Hall–Kier alpha value is -1.00. The molecule has 1 rings (SSSR count). The van der Waals surface area contributed by atoms with Gasteiger partial charge in [-0.05, 0) is 0 Å². The van der Waals surface area contributed by atoms with Crippen molar-refractivity contribution in [1.29, 1.82) is 0 Å². The minimum Gasteiger partial charge on any atom is -0.448 e. The van der Waals surface area contributed by atoms with Gasteiger partial charge >= 0.3 is 6.18 Å². The largest absolute Gasteiger partial charge is 0.448 e. The van der Waals surface area contributed by atoms with E-state index in [4.69, 9.17) is 4.42 Å². The molecule has 0 bridgehead atoms. The third-order valence-electron chi connectivity index (χ3n) is 1.57. The maximum atomic E-state index is 12.0. The van der Waals surface area contributed by atoms with Crippen molar-refractivity contribution in [2.24, 2.45) is 0 Å². The van der Waals surface area contributed by atoms with E-state index in [9.17, 15) is 13.2 Å². The number of nitrogens with zero attached hydrogens (tertiary/aromatic N) is 1. The van der Waals surface area contributed by atoms with Gasteiger partial charge in [0.2, 0.25) is 0 Å². The minimum absolute atomic E-state index is 0.0672. The van der Waals surface area contributed by atoms with Crippen LogP contribution in [0.5, 0.6) is 0 Å². The zero-order chi connectivity index (χ0) is 11.0. The third-order valence-corrected chi connectivity index (χ3v) is 1.57. The molecule has 14 heavy (non-hydrogen) atoms. The van der Waals surface area contributed by atoms with Gasteiger partial charge in [-0.25, -0.2) is 4.98 Å². The van der Waals surface area contributed by atoms with Gasteiger partial charge in [0.05, 0.1) is 12.1 Å². The van der Waals surface area contributed by atoms with Crippen molar-refractivity contribution in [2.75, 3.05) is 0 Å². The Morgan fingerprint density at radius 1 is 1.29 bits per heavy atom. The van der Waals surface area contributed by atoms with Crippen molar-refractivity contribution in [3.63, 3.8) is 0 Å². The van der Waals surface area contributed by atoms with E-state index in [2.05, 4.69) is 4.98 Å². The van der Waals surface area contributed by atoms with Gasteiger partial charge < -0.3 is 4.42 Å². The van der Waals surface area contributed by atoms with Crippen LogP contribution < -0.4 is 0 Å². The summed E-state index contributed by atoms with van der Waals surface area (Å²) >= 11 is 0. The van der Waals surface area contributed by atoms with Crippen molar-refractivity contribution in [1.82, 2.24) is 4.98 Å².